The van der Waals surface area contributed by atoms with E-state index in [2.05, 4.69) is 0 Å². The molecule has 2 aromatic rings. The summed E-state index contributed by atoms with van der Waals surface area (Å²) in [6.07, 6.45) is 1.68. The van der Waals surface area contributed by atoms with Gasteiger partial charge in [-0.15, -0.1) is 0 Å². The smallest absolute Gasteiger partial charge is 0.295 e. The number of aliphatic hydroxyl groups is 1. The molecule has 0 radical (unpaired) electrons. The van der Waals surface area contributed by atoms with Crippen molar-refractivity contribution in [2.24, 2.45) is 0 Å². The molecule has 2 atom stereocenters. The van der Waals surface area contributed by atoms with Gasteiger partial charge in [-0.05, 0) is 56.0 Å². The van der Waals surface area contributed by atoms with Crippen LogP contribution in [0.5, 0.6) is 5.75 Å². The molecule has 1 amide bonds. The highest BCUT2D eigenvalue weighted by Crippen LogP contribution is 2.41. The van der Waals surface area contributed by atoms with Gasteiger partial charge in [0.25, 0.3) is 11.7 Å². The molecule has 31 heavy (non-hydrogen) atoms. The topological polar surface area (TPSA) is 76.1 Å². The number of nitrogens with zero attached hydrogens (tertiary/aromatic N) is 1. The Kier molecular flexibility index (Phi) is 5.83. The molecule has 2 unspecified atom stereocenters. The van der Waals surface area contributed by atoms with Crippen molar-refractivity contribution in [3.05, 3.63) is 70.3 Å². The first-order chi connectivity index (χ1) is 14.9. The highest BCUT2D eigenvalue weighted by molar-refractivity contribution is 6.46. The second kappa shape index (κ2) is 8.55. The zero-order valence-electron chi connectivity index (χ0n) is 18.1. The lowest BCUT2D eigenvalue weighted by atomic mass is 9.93. The molecular weight excluding hydrogens is 394 g/mol. The van der Waals surface area contributed by atoms with E-state index in [1.54, 1.807) is 30.2 Å². The van der Waals surface area contributed by atoms with E-state index in [0.29, 0.717) is 24.5 Å². The molecule has 0 spiro atoms. The van der Waals surface area contributed by atoms with E-state index < -0.39 is 17.7 Å². The summed E-state index contributed by atoms with van der Waals surface area (Å²) in [5.41, 5.74) is 3.19. The number of likely N-dealkylation sites (tertiary alicyclic amines) is 1. The zero-order valence-corrected chi connectivity index (χ0v) is 18.1. The van der Waals surface area contributed by atoms with Gasteiger partial charge in [-0.3, -0.25) is 9.59 Å². The summed E-state index contributed by atoms with van der Waals surface area (Å²) < 4.78 is 11.0. The quantitative estimate of drug-likeness (QED) is 0.450. The number of carbonyl (C=O) groups is 2. The summed E-state index contributed by atoms with van der Waals surface area (Å²) >= 11 is 0. The van der Waals surface area contributed by atoms with Crippen molar-refractivity contribution in [3.63, 3.8) is 0 Å². The number of benzene rings is 2. The van der Waals surface area contributed by atoms with E-state index in [0.717, 1.165) is 29.5 Å². The third-order valence-electron chi connectivity index (χ3n) is 6.01. The second-order valence-corrected chi connectivity index (χ2v) is 8.18. The Hall–Kier alpha value is -3.12. The van der Waals surface area contributed by atoms with Crippen molar-refractivity contribution < 1.29 is 24.2 Å². The van der Waals surface area contributed by atoms with Crippen molar-refractivity contribution in [1.82, 2.24) is 4.90 Å². The number of aliphatic hydroxyl groups excluding tert-OH is 1. The summed E-state index contributed by atoms with van der Waals surface area (Å²) in [6, 6.07) is 12.3. The summed E-state index contributed by atoms with van der Waals surface area (Å²) in [5.74, 6) is -0.782. The monoisotopic (exact) mass is 421 g/mol. The summed E-state index contributed by atoms with van der Waals surface area (Å²) in [5, 5.41) is 11.2. The Balaban J connectivity index is 1.84. The van der Waals surface area contributed by atoms with Crippen LogP contribution in [0.1, 0.15) is 41.1 Å². The second-order valence-electron chi connectivity index (χ2n) is 8.18. The third-order valence-corrected chi connectivity index (χ3v) is 6.01. The Morgan fingerprint density at radius 2 is 2.00 bits per heavy atom. The van der Waals surface area contributed by atoms with Crippen LogP contribution in [0.4, 0.5) is 0 Å². The molecule has 0 bridgehead atoms. The Bertz CT molecular complexity index is 1050. The molecule has 4 rings (SSSR count). The number of ether oxygens (including phenoxy) is 2. The van der Waals surface area contributed by atoms with Gasteiger partial charge in [-0.2, -0.15) is 0 Å². The van der Waals surface area contributed by atoms with Crippen LogP contribution < -0.4 is 4.74 Å². The lowest BCUT2D eigenvalue weighted by Crippen LogP contribution is -2.36. The molecule has 2 saturated heterocycles. The standard InChI is InChI=1S/C25H27NO5/c1-15-6-4-7-17(12-15)22-21(23(27)20-10-9-18(30-3)13-16(20)2)24(28)25(29)26(22)14-19-8-5-11-31-19/h4,6-7,9-10,12-13,19,22,27H,5,8,11,14H2,1-3H3/b23-21-. The molecule has 6 heteroatoms. The van der Waals surface area contributed by atoms with Crippen LogP contribution in [0.2, 0.25) is 0 Å². The number of Topliss-reactive ketones (excluding diaryl/α,β-unsaturated/α-hetero) is 1. The van der Waals surface area contributed by atoms with E-state index >= 15 is 0 Å². The normalized spacial score (nSPS) is 22.9. The number of amides is 1. The van der Waals surface area contributed by atoms with Gasteiger partial charge in [0.1, 0.15) is 11.5 Å². The SMILES string of the molecule is COc1ccc(/C(O)=C2/C(=O)C(=O)N(CC3CCCO3)C2c2cccc(C)c2)c(C)c1. The van der Waals surface area contributed by atoms with E-state index in [1.165, 1.54) is 0 Å². The average molecular weight is 421 g/mol. The molecular formula is C25H27NO5. The Labute approximate surface area is 182 Å². The van der Waals surface area contributed by atoms with E-state index in [4.69, 9.17) is 9.47 Å². The van der Waals surface area contributed by atoms with Gasteiger partial charge in [-0.1, -0.05) is 29.8 Å². The predicted octanol–water partition coefficient (Wildman–Crippen LogP) is 3.91. The minimum Gasteiger partial charge on any atom is -0.507 e. The maximum Gasteiger partial charge on any atom is 0.295 e. The first-order valence-electron chi connectivity index (χ1n) is 10.5. The molecule has 2 aliphatic rings. The molecule has 2 fully saturated rings. The molecule has 2 heterocycles. The molecule has 162 valence electrons. The predicted molar refractivity (Wildman–Crippen MR) is 117 cm³/mol. The number of carbonyl (C=O) groups excluding carboxylic acids is 2. The van der Waals surface area contributed by atoms with E-state index in [1.807, 2.05) is 38.1 Å². The van der Waals surface area contributed by atoms with Gasteiger partial charge in [0.15, 0.2) is 0 Å². The fourth-order valence-corrected chi connectivity index (χ4v) is 4.44. The summed E-state index contributed by atoms with van der Waals surface area (Å²) in [4.78, 5) is 27.7. The van der Waals surface area contributed by atoms with Gasteiger partial charge in [0, 0.05) is 18.7 Å². The molecule has 2 aromatic carbocycles. The number of hydrogen-bond donors (Lipinski definition) is 1. The van der Waals surface area contributed by atoms with E-state index in [9.17, 15) is 14.7 Å². The van der Waals surface area contributed by atoms with Crippen molar-refractivity contribution in [2.75, 3.05) is 20.3 Å². The van der Waals surface area contributed by atoms with Crippen LogP contribution in [0.15, 0.2) is 48.0 Å². The van der Waals surface area contributed by atoms with Crippen LogP contribution in [0, 0.1) is 13.8 Å². The van der Waals surface area contributed by atoms with Crippen molar-refractivity contribution in [3.8, 4) is 5.75 Å². The van der Waals surface area contributed by atoms with Gasteiger partial charge < -0.3 is 19.5 Å². The van der Waals surface area contributed by atoms with Crippen molar-refractivity contribution in [1.29, 1.82) is 0 Å². The maximum absolute atomic E-state index is 13.1. The highest BCUT2D eigenvalue weighted by Gasteiger charge is 2.47. The van der Waals surface area contributed by atoms with Gasteiger partial charge in [0.2, 0.25) is 0 Å². The molecule has 6 nitrogen and oxygen atoms in total. The van der Waals surface area contributed by atoms with E-state index in [-0.39, 0.29) is 17.4 Å². The molecule has 2 aliphatic heterocycles. The highest BCUT2D eigenvalue weighted by atomic mass is 16.5. The van der Waals surface area contributed by atoms with Crippen LogP contribution in [-0.2, 0) is 14.3 Å². The van der Waals surface area contributed by atoms with Gasteiger partial charge >= 0.3 is 0 Å². The largest absolute Gasteiger partial charge is 0.507 e. The van der Waals surface area contributed by atoms with Crippen LogP contribution >= 0.6 is 0 Å². The number of ketones is 1. The molecule has 1 N–H and O–H groups in total. The minimum atomic E-state index is -0.669. The van der Waals surface area contributed by atoms with Crippen molar-refractivity contribution in [2.45, 2.75) is 38.8 Å². The van der Waals surface area contributed by atoms with Crippen molar-refractivity contribution >= 4 is 17.4 Å². The maximum atomic E-state index is 13.1. The fourth-order valence-electron chi connectivity index (χ4n) is 4.44. The van der Waals surface area contributed by atoms with Gasteiger partial charge in [-0.25, -0.2) is 0 Å². The third kappa shape index (κ3) is 3.95. The number of hydrogen-bond acceptors (Lipinski definition) is 5. The first kappa shape index (κ1) is 21.1. The molecule has 0 saturated carbocycles. The lowest BCUT2D eigenvalue weighted by molar-refractivity contribution is -0.140. The number of aryl methyl sites for hydroxylation is 2. The van der Waals surface area contributed by atoms with Crippen LogP contribution in [0.3, 0.4) is 0 Å². The molecule has 0 aromatic heterocycles. The summed E-state index contributed by atoms with van der Waals surface area (Å²) in [6.45, 7) is 4.78. The zero-order chi connectivity index (χ0) is 22.1. The minimum absolute atomic E-state index is 0.103. The first-order valence-corrected chi connectivity index (χ1v) is 10.5. The van der Waals surface area contributed by atoms with Gasteiger partial charge in [0.05, 0.1) is 24.8 Å². The summed E-state index contributed by atoms with van der Waals surface area (Å²) in [7, 11) is 1.57. The average Bonchev–Trinajstić information content (AvgIpc) is 3.35. The number of rotatable bonds is 5. The Morgan fingerprint density at radius 1 is 1.19 bits per heavy atom. The molecule has 0 aliphatic carbocycles. The lowest BCUT2D eigenvalue weighted by Gasteiger charge is -2.27. The van der Waals surface area contributed by atoms with Crippen LogP contribution in [-0.4, -0.2) is 48.1 Å². The Morgan fingerprint density at radius 3 is 2.65 bits per heavy atom. The van der Waals surface area contributed by atoms with Crippen LogP contribution in [0.25, 0.3) is 5.76 Å². The number of methoxy groups -OCH3 is 1. The fraction of sp³-hybridized carbons (Fsp3) is 0.360.